The fourth-order valence-electron chi connectivity index (χ4n) is 3.42. The van der Waals surface area contributed by atoms with Crippen molar-refractivity contribution in [1.29, 1.82) is 0 Å². The average Bonchev–Trinajstić information content (AvgIpc) is 2.68. The van der Waals surface area contributed by atoms with Crippen LogP contribution in [0.25, 0.3) is 5.69 Å². The fraction of sp³-hybridized carbons (Fsp3) is 0.455. The molecule has 1 aliphatic rings. The SMILES string of the molecule is CC(C)(C)OC(=O)NC1CCN(C(=O)Cc2ccc(-n3ccc(N)nc3=O)cc2)CC1. The summed E-state index contributed by atoms with van der Waals surface area (Å²) < 4.78 is 6.68. The molecule has 0 atom stereocenters. The van der Waals surface area contributed by atoms with Crippen molar-refractivity contribution in [2.45, 2.75) is 51.7 Å². The number of nitrogen functional groups attached to an aromatic ring is 1. The molecule has 1 aromatic heterocycles. The molecule has 2 amide bonds. The Morgan fingerprint density at radius 2 is 1.81 bits per heavy atom. The number of hydrogen-bond donors (Lipinski definition) is 2. The van der Waals surface area contributed by atoms with Crippen LogP contribution in [0, 0.1) is 0 Å². The van der Waals surface area contributed by atoms with E-state index in [1.807, 2.05) is 37.8 Å². The van der Waals surface area contributed by atoms with Crippen LogP contribution in [0.3, 0.4) is 0 Å². The smallest absolute Gasteiger partial charge is 0.407 e. The predicted molar refractivity (Wildman–Crippen MR) is 117 cm³/mol. The van der Waals surface area contributed by atoms with Crippen LogP contribution in [-0.2, 0) is 16.0 Å². The zero-order valence-corrected chi connectivity index (χ0v) is 18.1. The Labute approximate surface area is 181 Å². The standard InChI is InChI=1S/C22H29N5O4/c1-22(2,3)31-21(30)24-16-8-11-26(12-9-16)19(28)14-15-4-6-17(7-5-15)27-13-10-18(23)25-20(27)29/h4-7,10,13,16H,8-9,11-12,14H2,1-3H3,(H,24,30)(H2,23,25,29). The summed E-state index contributed by atoms with van der Waals surface area (Å²) in [4.78, 5) is 42.0. The highest BCUT2D eigenvalue weighted by Gasteiger charge is 2.25. The van der Waals surface area contributed by atoms with Crippen molar-refractivity contribution in [2.24, 2.45) is 0 Å². The van der Waals surface area contributed by atoms with Crippen LogP contribution < -0.4 is 16.7 Å². The molecule has 0 bridgehead atoms. The summed E-state index contributed by atoms with van der Waals surface area (Å²) in [7, 11) is 0. The number of nitrogens with zero attached hydrogens (tertiary/aromatic N) is 3. The number of aromatic nitrogens is 2. The number of alkyl carbamates (subject to hydrolysis) is 1. The maximum atomic E-state index is 12.7. The Hall–Kier alpha value is -3.36. The molecule has 0 unspecified atom stereocenters. The lowest BCUT2D eigenvalue weighted by Crippen LogP contribution is -2.47. The number of ether oxygens (including phenoxy) is 1. The second-order valence-electron chi connectivity index (χ2n) is 8.65. The van der Waals surface area contributed by atoms with E-state index in [-0.39, 0.29) is 24.2 Å². The summed E-state index contributed by atoms with van der Waals surface area (Å²) in [5, 5.41) is 2.87. The lowest BCUT2D eigenvalue weighted by Gasteiger charge is -2.33. The van der Waals surface area contributed by atoms with Gasteiger partial charge in [-0.3, -0.25) is 9.36 Å². The van der Waals surface area contributed by atoms with Gasteiger partial charge in [0.05, 0.1) is 12.1 Å². The highest BCUT2D eigenvalue weighted by Crippen LogP contribution is 2.15. The number of hydrogen-bond acceptors (Lipinski definition) is 6. The number of carbonyl (C=O) groups excluding carboxylic acids is 2. The van der Waals surface area contributed by atoms with E-state index >= 15 is 0 Å². The average molecular weight is 428 g/mol. The second kappa shape index (κ2) is 9.20. The quantitative estimate of drug-likeness (QED) is 0.769. The molecule has 3 N–H and O–H groups in total. The van der Waals surface area contributed by atoms with Crippen molar-refractivity contribution in [1.82, 2.24) is 19.8 Å². The van der Waals surface area contributed by atoms with Gasteiger partial charge >= 0.3 is 11.8 Å². The molecule has 3 rings (SSSR count). The summed E-state index contributed by atoms with van der Waals surface area (Å²) in [6.45, 7) is 6.65. The van der Waals surface area contributed by atoms with Crippen molar-refractivity contribution >= 4 is 17.8 Å². The number of anilines is 1. The zero-order valence-electron chi connectivity index (χ0n) is 18.1. The molecule has 1 aliphatic heterocycles. The molecule has 9 nitrogen and oxygen atoms in total. The third-order valence-electron chi connectivity index (χ3n) is 4.96. The van der Waals surface area contributed by atoms with Crippen molar-refractivity contribution in [3.05, 3.63) is 52.6 Å². The minimum Gasteiger partial charge on any atom is -0.444 e. The lowest BCUT2D eigenvalue weighted by molar-refractivity contribution is -0.131. The Bertz CT molecular complexity index is 986. The number of likely N-dealkylation sites (tertiary alicyclic amines) is 1. The monoisotopic (exact) mass is 427 g/mol. The molecule has 1 saturated heterocycles. The van der Waals surface area contributed by atoms with Gasteiger partial charge in [0.25, 0.3) is 0 Å². The zero-order chi connectivity index (χ0) is 22.6. The van der Waals surface area contributed by atoms with Gasteiger partial charge in [-0.25, -0.2) is 9.59 Å². The number of rotatable bonds is 4. The molecule has 2 aromatic rings. The van der Waals surface area contributed by atoms with Crippen molar-refractivity contribution in [3.8, 4) is 5.69 Å². The highest BCUT2D eigenvalue weighted by molar-refractivity contribution is 5.79. The van der Waals surface area contributed by atoms with E-state index in [9.17, 15) is 14.4 Å². The first-order chi connectivity index (χ1) is 14.6. The van der Waals surface area contributed by atoms with E-state index in [0.717, 1.165) is 5.56 Å². The molecule has 0 spiro atoms. The molecule has 9 heteroatoms. The largest absolute Gasteiger partial charge is 0.444 e. The Balaban J connectivity index is 1.51. The fourth-order valence-corrected chi connectivity index (χ4v) is 3.42. The minimum atomic E-state index is -0.533. The molecule has 0 radical (unpaired) electrons. The summed E-state index contributed by atoms with van der Waals surface area (Å²) >= 11 is 0. The van der Waals surface area contributed by atoms with E-state index in [2.05, 4.69) is 10.3 Å². The summed E-state index contributed by atoms with van der Waals surface area (Å²) in [5.74, 6) is 0.211. The Kier molecular flexibility index (Phi) is 6.62. The first-order valence-electron chi connectivity index (χ1n) is 10.3. The van der Waals surface area contributed by atoms with Crippen molar-refractivity contribution < 1.29 is 14.3 Å². The molecule has 1 aromatic carbocycles. The van der Waals surface area contributed by atoms with Crippen molar-refractivity contribution in [3.63, 3.8) is 0 Å². The molecule has 31 heavy (non-hydrogen) atoms. The molecule has 0 aliphatic carbocycles. The lowest BCUT2D eigenvalue weighted by atomic mass is 10.0. The van der Waals surface area contributed by atoms with E-state index < -0.39 is 17.4 Å². The van der Waals surface area contributed by atoms with Crippen LogP contribution in [0.4, 0.5) is 10.6 Å². The third kappa shape index (κ3) is 6.31. The molecule has 1 fully saturated rings. The normalized spacial score (nSPS) is 14.9. The van der Waals surface area contributed by atoms with Crippen LogP contribution in [0.5, 0.6) is 0 Å². The minimum absolute atomic E-state index is 0.00464. The number of nitrogens with two attached hydrogens (primary N) is 1. The van der Waals surface area contributed by atoms with Gasteiger partial charge in [-0.2, -0.15) is 4.98 Å². The third-order valence-corrected chi connectivity index (χ3v) is 4.96. The van der Waals surface area contributed by atoms with Gasteiger partial charge in [-0.15, -0.1) is 0 Å². The van der Waals surface area contributed by atoms with E-state index in [1.165, 1.54) is 4.57 Å². The molecule has 2 heterocycles. The predicted octanol–water partition coefficient (Wildman–Crippen LogP) is 1.87. The highest BCUT2D eigenvalue weighted by atomic mass is 16.6. The summed E-state index contributed by atoms with van der Waals surface area (Å²) in [6, 6.07) is 8.77. The van der Waals surface area contributed by atoms with Crippen LogP contribution >= 0.6 is 0 Å². The van der Waals surface area contributed by atoms with Gasteiger partial charge in [0.15, 0.2) is 0 Å². The number of nitrogens with one attached hydrogen (secondary N) is 1. The summed E-state index contributed by atoms with van der Waals surface area (Å²) in [6.07, 6.45) is 2.81. The number of benzene rings is 1. The topological polar surface area (TPSA) is 120 Å². The molecule has 0 saturated carbocycles. The molecule has 166 valence electrons. The van der Waals surface area contributed by atoms with Crippen LogP contribution in [-0.4, -0.2) is 51.2 Å². The van der Waals surface area contributed by atoms with Gasteiger partial charge in [0.2, 0.25) is 5.91 Å². The molecular formula is C22H29N5O4. The first kappa shape index (κ1) is 22.3. The van der Waals surface area contributed by atoms with Gasteiger partial charge in [-0.1, -0.05) is 12.1 Å². The maximum Gasteiger partial charge on any atom is 0.407 e. The first-order valence-corrected chi connectivity index (χ1v) is 10.3. The van der Waals surface area contributed by atoms with E-state index in [0.29, 0.717) is 31.6 Å². The van der Waals surface area contributed by atoms with Crippen molar-refractivity contribution in [2.75, 3.05) is 18.8 Å². The number of amides is 2. The summed E-state index contributed by atoms with van der Waals surface area (Å²) in [5.41, 5.74) is 6.05. The van der Waals surface area contributed by atoms with E-state index in [4.69, 9.17) is 10.5 Å². The van der Waals surface area contributed by atoms with Crippen LogP contribution in [0.2, 0.25) is 0 Å². The second-order valence-corrected chi connectivity index (χ2v) is 8.65. The van der Waals surface area contributed by atoms with Crippen LogP contribution in [0.15, 0.2) is 41.3 Å². The van der Waals surface area contributed by atoms with Gasteiger partial charge in [0, 0.05) is 25.3 Å². The van der Waals surface area contributed by atoms with Gasteiger partial charge < -0.3 is 20.7 Å². The van der Waals surface area contributed by atoms with Crippen LogP contribution in [0.1, 0.15) is 39.2 Å². The number of piperidine rings is 1. The number of carbonyl (C=O) groups is 2. The Morgan fingerprint density at radius 1 is 1.16 bits per heavy atom. The van der Waals surface area contributed by atoms with E-state index in [1.54, 1.807) is 24.4 Å². The molecular weight excluding hydrogens is 398 g/mol. The van der Waals surface area contributed by atoms with Gasteiger partial charge in [0.1, 0.15) is 11.4 Å². The van der Waals surface area contributed by atoms with Gasteiger partial charge in [-0.05, 0) is 57.4 Å². The Morgan fingerprint density at radius 3 is 2.39 bits per heavy atom. The maximum absolute atomic E-state index is 12.7.